The molecule has 0 fully saturated rings. The quantitative estimate of drug-likeness (QED) is 0.882. The first-order valence-corrected chi connectivity index (χ1v) is 9.83. The molecule has 1 N–H and O–H groups in total. The lowest BCUT2D eigenvalue weighted by molar-refractivity contribution is -0.127. The molecule has 25 heavy (non-hydrogen) atoms. The third-order valence-electron chi connectivity index (χ3n) is 3.84. The Morgan fingerprint density at radius 1 is 1.24 bits per heavy atom. The second-order valence-electron chi connectivity index (χ2n) is 5.68. The lowest BCUT2D eigenvalue weighted by Crippen LogP contribution is -2.50. The summed E-state index contributed by atoms with van der Waals surface area (Å²) in [7, 11) is -3.53. The lowest BCUT2D eigenvalue weighted by atomic mass is 10.2. The third kappa shape index (κ3) is 3.88. The summed E-state index contributed by atoms with van der Waals surface area (Å²) in [5.74, 6) is -0.0415. The maximum absolute atomic E-state index is 12.5. The highest BCUT2D eigenvalue weighted by atomic mass is 35.5. The molecule has 6 nitrogen and oxygen atoms in total. The molecule has 0 spiro atoms. The average Bonchev–Trinajstić information content (AvgIpc) is 2.59. The van der Waals surface area contributed by atoms with E-state index in [0.29, 0.717) is 16.5 Å². The van der Waals surface area contributed by atoms with Gasteiger partial charge in [0.15, 0.2) is 6.10 Å². The number of rotatable bonds is 4. The number of para-hydroxylation sites is 2. The van der Waals surface area contributed by atoms with Gasteiger partial charge < -0.3 is 10.1 Å². The normalized spacial score (nSPS) is 16.7. The minimum atomic E-state index is -3.53. The van der Waals surface area contributed by atoms with Crippen LogP contribution in [0.25, 0.3) is 0 Å². The number of carbonyl (C=O) groups is 1. The zero-order chi connectivity index (χ0) is 18.0. The minimum absolute atomic E-state index is 0.0792. The highest BCUT2D eigenvalue weighted by molar-refractivity contribution is 7.92. The zero-order valence-corrected chi connectivity index (χ0v) is 15.0. The van der Waals surface area contributed by atoms with Crippen LogP contribution >= 0.6 is 11.6 Å². The summed E-state index contributed by atoms with van der Waals surface area (Å²) in [6, 6.07) is 13.9. The summed E-state index contributed by atoms with van der Waals surface area (Å²) in [6.07, 6.45) is 0.167. The highest BCUT2D eigenvalue weighted by Gasteiger charge is 2.34. The van der Waals surface area contributed by atoms with Gasteiger partial charge in [0.05, 0.1) is 18.5 Å². The molecule has 2 aromatic carbocycles. The van der Waals surface area contributed by atoms with Crippen LogP contribution in [0.3, 0.4) is 0 Å². The van der Waals surface area contributed by atoms with Crippen LogP contribution in [0.15, 0.2) is 48.5 Å². The first-order chi connectivity index (χ1) is 11.9. The number of sulfonamides is 1. The molecule has 1 atom stereocenters. The maximum atomic E-state index is 12.5. The van der Waals surface area contributed by atoms with E-state index >= 15 is 0 Å². The summed E-state index contributed by atoms with van der Waals surface area (Å²) in [6.45, 7) is 0.156. The summed E-state index contributed by atoms with van der Waals surface area (Å²) in [4.78, 5) is 12.5. The van der Waals surface area contributed by atoms with Crippen LogP contribution in [0.5, 0.6) is 5.75 Å². The van der Waals surface area contributed by atoms with Gasteiger partial charge in [-0.25, -0.2) is 8.42 Å². The van der Waals surface area contributed by atoms with Gasteiger partial charge >= 0.3 is 0 Å². The number of carbonyl (C=O) groups excluding carboxylic acids is 1. The Labute approximate surface area is 151 Å². The Morgan fingerprint density at radius 3 is 2.64 bits per heavy atom. The number of amides is 1. The third-order valence-corrected chi connectivity index (χ3v) is 5.35. The molecule has 1 heterocycles. The molecule has 3 rings (SSSR count). The summed E-state index contributed by atoms with van der Waals surface area (Å²) < 4.78 is 31.0. The predicted molar refractivity (Wildman–Crippen MR) is 96.3 cm³/mol. The van der Waals surface area contributed by atoms with Crippen LogP contribution in [0.4, 0.5) is 5.69 Å². The Morgan fingerprint density at radius 2 is 1.92 bits per heavy atom. The molecule has 8 heteroatoms. The van der Waals surface area contributed by atoms with Crippen molar-refractivity contribution in [1.29, 1.82) is 0 Å². The predicted octanol–water partition coefficient (Wildman–Crippen LogP) is 2.18. The average molecular weight is 381 g/mol. The molecule has 1 aliphatic heterocycles. The van der Waals surface area contributed by atoms with Crippen molar-refractivity contribution in [2.24, 2.45) is 0 Å². The van der Waals surface area contributed by atoms with Gasteiger partial charge in [0, 0.05) is 11.6 Å². The van der Waals surface area contributed by atoms with E-state index in [2.05, 4.69) is 5.32 Å². The number of nitrogens with one attached hydrogen (secondary N) is 1. The van der Waals surface area contributed by atoms with E-state index in [-0.39, 0.29) is 13.1 Å². The largest absolute Gasteiger partial charge is 0.476 e. The van der Waals surface area contributed by atoms with Crippen LogP contribution < -0.4 is 14.4 Å². The Balaban J connectivity index is 1.77. The number of benzene rings is 2. The van der Waals surface area contributed by atoms with E-state index in [1.807, 2.05) is 12.1 Å². The molecule has 132 valence electrons. The molecule has 2 aromatic rings. The second-order valence-corrected chi connectivity index (χ2v) is 7.99. The van der Waals surface area contributed by atoms with E-state index in [1.165, 1.54) is 4.31 Å². The fourth-order valence-electron chi connectivity index (χ4n) is 2.59. The first kappa shape index (κ1) is 17.6. The fourth-order valence-corrected chi connectivity index (χ4v) is 3.71. The van der Waals surface area contributed by atoms with Gasteiger partial charge in [-0.3, -0.25) is 9.10 Å². The van der Waals surface area contributed by atoms with E-state index < -0.39 is 22.0 Å². The van der Waals surface area contributed by atoms with Gasteiger partial charge in [-0.05, 0) is 23.8 Å². The van der Waals surface area contributed by atoms with Crippen LogP contribution in [-0.4, -0.2) is 33.2 Å². The molecule has 0 unspecified atom stereocenters. The van der Waals surface area contributed by atoms with Crippen molar-refractivity contribution in [2.45, 2.75) is 12.6 Å². The van der Waals surface area contributed by atoms with Gasteiger partial charge in [-0.2, -0.15) is 0 Å². The van der Waals surface area contributed by atoms with Crippen LogP contribution in [-0.2, 0) is 21.4 Å². The van der Waals surface area contributed by atoms with Crippen molar-refractivity contribution in [2.75, 3.05) is 17.1 Å². The monoisotopic (exact) mass is 380 g/mol. The number of hydrogen-bond acceptors (Lipinski definition) is 4. The Bertz CT molecular complexity index is 901. The topological polar surface area (TPSA) is 75.7 Å². The standard InChI is InChI=1S/C17H17ClN2O4S/c1-25(22,23)20-11-16(24-15-9-5-4-8-14(15)20)17(21)19-10-12-6-2-3-7-13(12)18/h2-9,16H,10-11H2,1H3,(H,19,21)/t16-/m1/s1. The van der Waals surface area contributed by atoms with E-state index in [0.717, 1.165) is 11.8 Å². The van der Waals surface area contributed by atoms with E-state index in [9.17, 15) is 13.2 Å². The molecular formula is C17H17ClN2O4S. The molecule has 0 aliphatic carbocycles. The zero-order valence-electron chi connectivity index (χ0n) is 13.5. The smallest absolute Gasteiger partial charge is 0.263 e. The number of fused-ring (bicyclic) bond motifs is 1. The summed E-state index contributed by atoms with van der Waals surface area (Å²) in [5.41, 5.74) is 1.20. The number of anilines is 1. The number of halogens is 1. The SMILES string of the molecule is CS(=O)(=O)N1C[C@H](C(=O)NCc2ccccc2Cl)Oc2ccccc21. The van der Waals surface area contributed by atoms with E-state index in [1.54, 1.807) is 36.4 Å². The van der Waals surface area contributed by atoms with Crippen molar-refractivity contribution in [3.63, 3.8) is 0 Å². The van der Waals surface area contributed by atoms with Crippen molar-refractivity contribution >= 4 is 33.2 Å². The molecule has 0 saturated carbocycles. The molecule has 0 radical (unpaired) electrons. The van der Waals surface area contributed by atoms with Crippen LogP contribution in [0.2, 0.25) is 5.02 Å². The Hall–Kier alpha value is -2.25. The van der Waals surface area contributed by atoms with E-state index in [4.69, 9.17) is 16.3 Å². The first-order valence-electron chi connectivity index (χ1n) is 7.61. The van der Waals surface area contributed by atoms with Crippen molar-refractivity contribution in [3.05, 3.63) is 59.1 Å². The molecule has 0 aromatic heterocycles. The summed E-state index contributed by atoms with van der Waals surface area (Å²) >= 11 is 6.07. The number of nitrogens with zero attached hydrogens (tertiary/aromatic N) is 1. The molecular weight excluding hydrogens is 364 g/mol. The lowest BCUT2D eigenvalue weighted by Gasteiger charge is -2.33. The van der Waals surface area contributed by atoms with Crippen molar-refractivity contribution in [3.8, 4) is 5.75 Å². The second kappa shape index (κ2) is 6.93. The van der Waals surface area contributed by atoms with Crippen molar-refractivity contribution in [1.82, 2.24) is 5.32 Å². The maximum Gasteiger partial charge on any atom is 0.263 e. The highest BCUT2D eigenvalue weighted by Crippen LogP contribution is 2.34. The number of hydrogen-bond donors (Lipinski definition) is 1. The van der Waals surface area contributed by atoms with Gasteiger partial charge in [-0.15, -0.1) is 0 Å². The van der Waals surface area contributed by atoms with Gasteiger partial charge in [0.2, 0.25) is 10.0 Å². The van der Waals surface area contributed by atoms with Gasteiger partial charge in [0.1, 0.15) is 5.75 Å². The van der Waals surface area contributed by atoms with Crippen LogP contribution in [0, 0.1) is 0 Å². The minimum Gasteiger partial charge on any atom is -0.476 e. The van der Waals surface area contributed by atoms with Gasteiger partial charge in [0.25, 0.3) is 5.91 Å². The fraction of sp³-hybridized carbons (Fsp3) is 0.235. The number of ether oxygens (including phenoxy) is 1. The Kier molecular flexibility index (Phi) is 4.87. The molecule has 0 bridgehead atoms. The molecule has 1 aliphatic rings. The van der Waals surface area contributed by atoms with Crippen molar-refractivity contribution < 1.29 is 17.9 Å². The molecule has 0 saturated heterocycles. The van der Waals surface area contributed by atoms with Gasteiger partial charge in [-0.1, -0.05) is 41.9 Å². The van der Waals surface area contributed by atoms with Crippen LogP contribution in [0.1, 0.15) is 5.56 Å². The summed E-state index contributed by atoms with van der Waals surface area (Å²) in [5, 5.41) is 3.29. The molecule has 1 amide bonds.